The summed E-state index contributed by atoms with van der Waals surface area (Å²) in [4.78, 5) is 13.4. The molecule has 3 nitrogen and oxygen atoms in total. The van der Waals surface area contributed by atoms with Crippen molar-refractivity contribution in [1.29, 1.82) is 0 Å². The van der Waals surface area contributed by atoms with Crippen LogP contribution in [0.3, 0.4) is 0 Å². The maximum Gasteiger partial charge on any atom is 0.279 e. The highest BCUT2D eigenvalue weighted by molar-refractivity contribution is 6.44. The number of likely N-dealkylation sites (tertiary alicyclic amines) is 1. The number of benzene rings is 1. The van der Waals surface area contributed by atoms with E-state index < -0.39 is 0 Å². The van der Waals surface area contributed by atoms with Crippen LogP contribution in [0.5, 0.6) is 0 Å². The Kier molecular flexibility index (Phi) is 5.56. The molecule has 0 aromatic heterocycles. The summed E-state index contributed by atoms with van der Waals surface area (Å²) in [7, 11) is 0. The van der Waals surface area contributed by atoms with Gasteiger partial charge in [-0.25, -0.2) is 0 Å². The monoisotopic (exact) mass is 335 g/mol. The molecule has 1 fully saturated rings. The van der Waals surface area contributed by atoms with Gasteiger partial charge in [0.05, 0.1) is 33.8 Å². The number of piperidine rings is 1. The van der Waals surface area contributed by atoms with Crippen LogP contribution in [-0.2, 0) is 4.79 Å². The Bertz CT molecular complexity index is 507. The highest BCUT2D eigenvalue weighted by Crippen LogP contribution is 2.32. The second kappa shape index (κ2) is 6.99. The number of anilines is 1. The number of rotatable bonds is 3. The Labute approximate surface area is 134 Å². The smallest absolute Gasteiger partial charge is 0.279 e. The average Bonchev–Trinajstić information content (AvgIpc) is 2.36. The summed E-state index contributed by atoms with van der Waals surface area (Å²) >= 11 is 17.8. The molecule has 1 saturated heterocycles. The van der Waals surface area contributed by atoms with E-state index in [1.807, 2.05) is 0 Å². The van der Waals surface area contributed by atoms with E-state index in [1.165, 1.54) is 23.8 Å². The van der Waals surface area contributed by atoms with Gasteiger partial charge in [-0.15, -0.1) is 0 Å². The van der Waals surface area contributed by atoms with E-state index in [9.17, 15) is 4.79 Å². The van der Waals surface area contributed by atoms with Crippen LogP contribution in [0.15, 0.2) is 12.1 Å². The summed E-state index contributed by atoms with van der Waals surface area (Å²) in [5, 5.41) is 3.96. The van der Waals surface area contributed by atoms with Crippen molar-refractivity contribution in [3.63, 3.8) is 0 Å². The largest absolute Gasteiger partial charge is 0.327 e. The zero-order chi connectivity index (χ0) is 14.7. The lowest BCUT2D eigenvalue weighted by Crippen LogP contribution is -3.14. The average molecular weight is 337 g/mol. The molecule has 1 aliphatic rings. The molecular formula is C14H18Cl3N2O+. The van der Waals surface area contributed by atoms with Crippen molar-refractivity contribution >= 4 is 46.4 Å². The first-order chi connectivity index (χ1) is 9.45. The molecule has 1 unspecified atom stereocenters. The van der Waals surface area contributed by atoms with E-state index in [1.54, 1.807) is 6.07 Å². The molecule has 0 spiro atoms. The summed E-state index contributed by atoms with van der Waals surface area (Å²) in [5.41, 5.74) is 0.510. The minimum Gasteiger partial charge on any atom is -0.327 e. The number of hydrogen-bond donors (Lipinski definition) is 2. The Morgan fingerprint density at radius 3 is 2.70 bits per heavy atom. The lowest BCUT2D eigenvalue weighted by atomic mass is 10.0. The molecule has 1 heterocycles. The normalized spacial score (nSPS) is 22.6. The molecule has 0 bridgehead atoms. The van der Waals surface area contributed by atoms with Gasteiger partial charge in [0, 0.05) is 5.92 Å². The van der Waals surface area contributed by atoms with Crippen molar-refractivity contribution in [3.8, 4) is 0 Å². The fraction of sp³-hybridized carbons (Fsp3) is 0.500. The number of carbonyl (C=O) groups excluding carboxylic acids is 1. The van der Waals surface area contributed by atoms with Crippen molar-refractivity contribution in [3.05, 3.63) is 27.2 Å². The number of nitrogens with one attached hydrogen (secondary N) is 2. The Morgan fingerprint density at radius 1 is 1.30 bits per heavy atom. The maximum atomic E-state index is 12.1. The lowest BCUT2D eigenvalue weighted by molar-refractivity contribution is -0.900. The molecule has 2 N–H and O–H groups in total. The van der Waals surface area contributed by atoms with Crippen LogP contribution < -0.4 is 10.2 Å². The van der Waals surface area contributed by atoms with Gasteiger partial charge in [0.25, 0.3) is 5.91 Å². The standard InChI is InChI=1S/C14H17Cl3N2O/c1-9-3-2-4-19(7-9)8-14(20)18-13-6-11(16)10(15)5-12(13)17/h5-6,9H,2-4,7-8H2,1H3,(H,18,20)/p+1/t9-/m0/s1. The predicted molar refractivity (Wildman–Crippen MR) is 84.1 cm³/mol. The first kappa shape index (κ1) is 15.9. The van der Waals surface area contributed by atoms with E-state index >= 15 is 0 Å². The quantitative estimate of drug-likeness (QED) is 0.818. The molecule has 20 heavy (non-hydrogen) atoms. The highest BCUT2D eigenvalue weighted by Gasteiger charge is 2.22. The van der Waals surface area contributed by atoms with Gasteiger partial charge < -0.3 is 10.2 Å². The van der Waals surface area contributed by atoms with Gasteiger partial charge >= 0.3 is 0 Å². The summed E-state index contributed by atoms with van der Waals surface area (Å²) < 4.78 is 0. The second-order valence-electron chi connectivity index (χ2n) is 5.42. The van der Waals surface area contributed by atoms with Crippen molar-refractivity contribution in [2.45, 2.75) is 19.8 Å². The first-order valence-electron chi connectivity index (χ1n) is 6.73. The molecule has 0 radical (unpaired) electrons. The van der Waals surface area contributed by atoms with Crippen LogP contribution in [0.25, 0.3) is 0 Å². The summed E-state index contributed by atoms with van der Waals surface area (Å²) in [5.74, 6) is 0.634. The molecule has 1 aromatic carbocycles. The summed E-state index contributed by atoms with van der Waals surface area (Å²) in [6.07, 6.45) is 2.43. The first-order valence-corrected chi connectivity index (χ1v) is 7.87. The Morgan fingerprint density at radius 2 is 2.00 bits per heavy atom. The molecule has 110 valence electrons. The van der Waals surface area contributed by atoms with Crippen molar-refractivity contribution in [1.82, 2.24) is 0 Å². The van der Waals surface area contributed by atoms with Gasteiger partial charge in [-0.2, -0.15) is 0 Å². The third-order valence-electron chi connectivity index (χ3n) is 3.56. The van der Waals surface area contributed by atoms with Crippen LogP contribution in [0, 0.1) is 5.92 Å². The summed E-state index contributed by atoms with van der Waals surface area (Å²) in [6, 6.07) is 3.12. The molecule has 1 aromatic rings. The fourth-order valence-electron chi connectivity index (χ4n) is 2.60. The maximum absolute atomic E-state index is 12.1. The van der Waals surface area contributed by atoms with Crippen LogP contribution in [0.4, 0.5) is 5.69 Å². The number of hydrogen-bond acceptors (Lipinski definition) is 1. The number of quaternary nitrogens is 1. The van der Waals surface area contributed by atoms with E-state index in [2.05, 4.69) is 12.2 Å². The molecular weight excluding hydrogens is 319 g/mol. The van der Waals surface area contributed by atoms with Crippen molar-refractivity contribution < 1.29 is 9.69 Å². The van der Waals surface area contributed by atoms with Crippen LogP contribution >= 0.6 is 34.8 Å². The van der Waals surface area contributed by atoms with Gasteiger partial charge in [-0.05, 0) is 25.0 Å². The third kappa shape index (κ3) is 4.26. The van der Waals surface area contributed by atoms with Crippen molar-refractivity contribution in [2.75, 3.05) is 25.0 Å². The fourth-order valence-corrected chi connectivity index (χ4v) is 3.19. The topological polar surface area (TPSA) is 33.5 Å². The third-order valence-corrected chi connectivity index (χ3v) is 4.59. The van der Waals surface area contributed by atoms with Crippen LogP contribution in [0.2, 0.25) is 15.1 Å². The zero-order valence-electron chi connectivity index (χ0n) is 11.3. The van der Waals surface area contributed by atoms with Crippen LogP contribution in [0.1, 0.15) is 19.8 Å². The Balaban J connectivity index is 1.96. The van der Waals surface area contributed by atoms with E-state index in [-0.39, 0.29) is 5.91 Å². The van der Waals surface area contributed by atoms with E-state index in [0.717, 1.165) is 13.1 Å². The number of carbonyl (C=O) groups is 1. The van der Waals surface area contributed by atoms with Crippen molar-refractivity contribution in [2.24, 2.45) is 5.92 Å². The molecule has 2 atom stereocenters. The van der Waals surface area contributed by atoms with E-state index in [0.29, 0.717) is 33.2 Å². The van der Waals surface area contributed by atoms with Crippen LogP contribution in [-0.4, -0.2) is 25.5 Å². The van der Waals surface area contributed by atoms with Gasteiger partial charge in [0.15, 0.2) is 6.54 Å². The SMILES string of the molecule is C[C@H]1CCC[NH+](CC(=O)Nc2cc(Cl)c(Cl)cc2Cl)C1. The second-order valence-corrected chi connectivity index (χ2v) is 6.64. The van der Waals surface area contributed by atoms with Gasteiger partial charge in [0.2, 0.25) is 0 Å². The minimum absolute atomic E-state index is 0.0469. The molecule has 0 aliphatic carbocycles. The van der Waals surface area contributed by atoms with Gasteiger partial charge in [-0.3, -0.25) is 4.79 Å². The highest BCUT2D eigenvalue weighted by atomic mass is 35.5. The van der Waals surface area contributed by atoms with Gasteiger partial charge in [-0.1, -0.05) is 41.7 Å². The molecule has 2 rings (SSSR count). The molecule has 6 heteroatoms. The summed E-state index contributed by atoms with van der Waals surface area (Å²) in [6.45, 7) is 4.78. The van der Waals surface area contributed by atoms with Gasteiger partial charge in [0.1, 0.15) is 0 Å². The molecule has 1 aliphatic heterocycles. The number of halogens is 3. The minimum atomic E-state index is -0.0469. The molecule has 0 saturated carbocycles. The lowest BCUT2D eigenvalue weighted by Gasteiger charge is -2.27. The Hall–Kier alpha value is -0.480. The molecule has 1 amide bonds. The zero-order valence-corrected chi connectivity index (χ0v) is 13.6. The predicted octanol–water partition coefficient (Wildman–Crippen LogP) is 2.90. The number of amides is 1. The van der Waals surface area contributed by atoms with E-state index in [4.69, 9.17) is 34.8 Å².